The summed E-state index contributed by atoms with van der Waals surface area (Å²) in [5.74, 6) is 0. The number of para-hydroxylation sites is 1. The number of halogens is 1. The van der Waals surface area contributed by atoms with Crippen LogP contribution in [0.2, 0.25) is 0 Å². The summed E-state index contributed by atoms with van der Waals surface area (Å²) >= 11 is 3.71. The lowest BCUT2D eigenvalue weighted by Crippen LogP contribution is -2.43. The summed E-state index contributed by atoms with van der Waals surface area (Å²) in [6, 6.07) is 8.72. The van der Waals surface area contributed by atoms with E-state index in [0.717, 1.165) is 11.9 Å². The van der Waals surface area contributed by atoms with Crippen LogP contribution in [0, 0.1) is 12.3 Å². The van der Waals surface area contributed by atoms with Crippen molar-refractivity contribution < 1.29 is 0 Å². The quantitative estimate of drug-likeness (QED) is 0.729. The van der Waals surface area contributed by atoms with Crippen LogP contribution in [-0.2, 0) is 0 Å². The molecule has 0 spiro atoms. The lowest BCUT2D eigenvalue weighted by Gasteiger charge is -2.44. The Morgan fingerprint density at radius 3 is 2.47 bits per heavy atom. The molecule has 0 unspecified atom stereocenters. The highest BCUT2D eigenvalue weighted by atomic mass is 79.9. The third-order valence-corrected chi connectivity index (χ3v) is 5.25. The van der Waals surface area contributed by atoms with Crippen LogP contribution in [0.1, 0.15) is 31.7 Å². The lowest BCUT2D eigenvalue weighted by molar-refractivity contribution is 0.177. The zero-order valence-electron chi connectivity index (χ0n) is 10.9. The average molecular weight is 296 g/mol. The Hall–Kier alpha value is -0.500. The molecule has 0 amide bonds. The van der Waals surface area contributed by atoms with Gasteiger partial charge in [-0.2, -0.15) is 0 Å². The molecule has 1 saturated carbocycles. The van der Waals surface area contributed by atoms with E-state index in [2.05, 4.69) is 58.9 Å². The van der Waals surface area contributed by atoms with Gasteiger partial charge in [0.2, 0.25) is 0 Å². The number of benzene rings is 1. The Kier molecular flexibility index (Phi) is 4.13. The van der Waals surface area contributed by atoms with Gasteiger partial charge in [-0.15, -0.1) is 0 Å². The van der Waals surface area contributed by atoms with Crippen LogP contribution in [0.3, 0.4) is 0 Å². The number of hydrogen-bond donors (Lipinski definition) is 0. The molecule has 1 aromatic rings. The molecule has 1 aliphatic carbocycles. The predicted octanol–water partition coefficient (Wildman–Crippen LogP) is 4.39. The van der Waals surface area contributed by atoms with E-state index in [1.54, 1.807) is 0 Å². The van der Waals surface area contributed by atoms with Gasteiger partial charge in [0.25, 0.3) is 0 Å². The van der Waals surface area contributed by atoms with E-state index >= 15 is 0 Å². The Morgan fingerprint density at radius 1 is 1.29 bits per heavy atom. The van der Waals surface area contributed by atoms with Crippen molar-refractivity contribution in [1.82, 2.24) is 0 Å². The summed E-state index contributed by atoms with van der Waals surface area (Å²) in [6.45, 7) is 6.76. The van der Waals surface area contributed by atoms with Gasteiger partial charge in [-0.25, -0.2) is 0 Å². The number of nitrogens with zero attached hydrogens (tertiary/aromatic N) is 1. The van der Waals surface area contributed by atoms with Gasteiger partial charge in [0.15, 0.2) is 0 Å². The van der Waals surface area contributed by atoms with Crippen molar-refractivity contribution in [3.8, 4) is 0 Å². The molecule has 0 N–H and O–H groups in total. The van der Waals surface area contributed by atoms with Crippen LogP contribution < -0.4 is 4.90 Å². The van der Waals surface area contributed by atoms with Gasteiger partial charge in [0, 0.05) is 24.1 Å². The second-order valence-electron chi connectivity index (χ2n) is 5.29. The highest BCUT2D eigenvalue weighted by Gasteiger charge is 2.37. The summed E-state index contributed by atoms with van der Waals surface area (Å²) in [5.41, 5.74) is 3.32. The van der Waals surface area contributed by atoms with Gasteiger partial charge in [-0.1, -0.05) is 40.5 Å². The third-order valence-electron chi connectivity index (χ3n) is 4.06. The Labute approximate surface area is 113 Å². The Bertz CT molecular complexity index is 365. The van der Waals surface area contributed by atoms with Crippen LogP contribution >= 0.6 is 15.9 Å². The molecule has 0 atom stereocenters. The van der Waals surface area contributed by atoms with Crippen molar-refractivity contribution in [3.63, 3.8) is 0 Å². The third kappa shape index (κ3) is 2.67. The van der Waals surface area contributed by atoms with Crippen molar-refractivity contribution in [1.29, 1.82) is 0 Å². The maximum absolute atomic E-state index is 3.71. The van der Waals surface area contributed by atoms with E-state index in [1.807, 2.05) is 0 Å². The fourth-order valence-corrected chi connectivity index (χ4v) is 3.44. The van der Waals surface area contributed by atoms with Crippen LogP contribution in [0.15, 0.2) is 24.3 Å². The van der Waals surface area contributed by atoms with Gasteiger partial charge in [-0.05, 0) is 43.7 Å². The Morgan fingerprint density at radius 2 is 2.00 bits per heavy atom. The first-order valence-corrected chi connectivity index (χ1v) is 7.69. The average Bonchev–Trinajstić information content (AvgIpc) is 2.30. The number of rotatable bonds is 5. The van der Waals surface area contributed by atoms with Gasteiger partial charge in [0.1, 0.15) is 0 Å². The van der Waals surface area contributed by atoms with Crippen molar-refractivity contribution >= 4 is 21.6 Å². The molecule has 0 aromatic heterocycles. The van der Waals surface area contributed by atoms with Gasteiger partial charge in [0.05, 0.1) is 0 Å². The van der Waals surface area contributed by atoms with Gasteiger partial charge >= 0.3 is 0 Å². The van der Waals surface area contributed by atoms with Crippen molar-refractivity contribution in [2.45, 2.75) is 33.1 Å². The fraction of sp³-hybridized carbons (Fsp3) is 0.600. The Balaban J connectivity index is 2.14. The molecule has 1 nitrogen and oxygen atoms in total. The molecule has 0 bridgehead atoms. The van der Waals surface area contributed by atoms with Crippen LogP contribution in [0.25, 0.3) is 0 Å². The van der Waals surface area contributed by atoms with Crippen LogP contribution in [0.4, 0.5) is 5.69 Å². The second-order valence-corrected chi connectivity index (χ2v) is 5.85. The fourth-order valence-electron chi connectivity index (χ4n) is 2.70. The maximum Gasteiger partial charge on any atom is 0.0396 e. The van der Waals surface area contributed by atoms with Crippen LogP contribution in [0.5, 0.6) is 0 Å². The molecule has 0 aliphatic heterocycles. The summed E-state index contributed by atoms with van der Waals surface area (Å²) in [6.07, 6.45) is 4.15. The molecule has 2 heteroatoms. The zero-order valence-corrected chi connectivity index (χ0v) is 12.5. The highest BCUT2D eigenvalue weighted by Crippen LogP contribution is 2.43. The number of hydrogen-bond acceptors (Lipinski definition) is 1. The monoisotopic (exact) mass is 295 g/mol. The van der Waals surface area contributed by atoms with Crippen molar-refractivity contribution in [3.05, 3.63) is 29.8 Å². The van der Waals surface area contributed by atoms with E-state index < -0.39 is 0 Å². The molecule has 1 aromatic carbocycles. The molecular formula is C15H22BrN. The molecule has 94 valence electrons. The van der Waals surface area contributed by atoms with Crippen molar-refractivity contribution in [2.24, 2.45) is 5.41 Å². The van der Waals surface area contributed by atoms with E-state index in [0.29, 0.717) is 5.41 Å². The highest BCUT2D eigenvalue weighted by molar-refractivity contribution is 9.09. The number of alkyl halides is 1. The molecule has 0 saturated heterocycles. The number of aryl methyl sites for hydroxylation is 1. The molecule has 0 radical (unpaired) electrons. The predicted molar refractivity (Wildman–Crippen MR) is 79.1 cm³/mol. The normalized spacial score (nSPS) is 17.6. The zero-order chi connectivity index (χ0) is 12.3. The molecule has 1 fully saturated rings. The van der Waals surface area contributed by atoms with E-state index in [-0.39, 0.29) is 0 Å². The smallest absolute Gasteiger partial charge is 0.0396 e. The first-order chi connectivity index (χ1) is 8.21. The topological polar surface area (TPSA) is 3.24 Å². The first-order valence-electron chi connectivity index (χ1n) is 6.57. The summed E-state index contributed by atoms with van der Waals surface area (Å²) in [4.78, 5) is 2.54. The largest absolute Gasteiger partial charge is 0.371 e. The minimum atomic E-state index is 0.526. The van der Waals surface area contributed by atoms with Crippen molar-refractivity contribution in [2.75, 3.05) is 23.3 Å². The maximum atomic E-state index is 3.71. The molecular weight excluding hydrogens is 274 g/mol. The lowest BCUT2D eigenvalue weighted by atomic mass is 9.70. The molecule has 17 heavy (non-hydrogen) atoms. The van der Waals surface area contributed by atoms with E-state index in [4.69, 9.17) is 0 Å². The molecule has 0 heterocycles. The van der Waals surface area contributed by atoms with E-state index in [1.165, 1.54) is 37.1 Å². The molecule has 1 aliphatic rings. The first kappa shape index (κ1) is 12.9. The SMILES string of the molecule is CCN(CC1(CBr)CCC1)c1ccccc1C. The minimum absolute atomic E-state index is 0.526. The standard InChI is InChI=1S/C15H22BrN/c1-3-17(12-15(11-16)9-6-10-15)14-8-5-4-7-13(14)2/h4-5,7-8H,3,6,9-12H2,1-2H3. The van der Waals surface area contributed by atoms with Gasteiger partial charge < -0.3 is 4.90 Å². The summed E-state index contributed by atoms with van der Waals surface area (Å²) < 4.78 is 0. The summed E-state index contributed by atoms with van der Waals surface area (Å²) in [5, 5.41) is 1.14. The summed E-state index contributed by atoms with van der Waals surface area (Å²) in [7, 11) is 0. The van der Waals surface area contributed by atoms with Gasteiger partial charge in [-0.3, -0.25) is 0 Å². The minimum Gasteiger partial charge on any atom is -0.371 e. The number of anilines is 1. The van der Waals surface area contributed by atoms with Crippen LogP contribution in [-0.4, -0.2) is 18.4 Å². The second kappa shape index (κ2) is 5.43. The molecule has 2 rings (SSSR count). The van der Waals surface area contributed by atoms with E-state index in [9.17, 15) is 0 Å².